The highest BCUT2D eigenvalue weighted by atomic mass is 15.1. The van der Waals surface area contributed by atoms with Crippen LogP contribution < -0.4 is 5.32 Å². The summed E-state index contributed by atoms with van der Waals surface area (Å²) in [5.74, 6) is 0.896. The molecule has 0 amide bonds. The minimum Gasteiger partial charge on any atom is -0.311 e. The molecule has 0 aliphatic carbocycles. The van der Waals surface area contributed by atoms with E-state index in [2.05, 4.69) is 35.9 Å². The van der Waals surface area contributed by atoms with Gasteiger partial charge >= 0.3 is 0 Å². The standard InChI is InChI=1S/C17H35N3/c1-4-10-20-11-6-16(7-12-20)15(3)18-17-8-13-19(5-2)14-9-17/h15-18H,4-14H2,1-3H3. The van der Waals surface area contributed by atoms with Gasteiger partial charge in [-0.05, 0) is 84.2 Å². The van der Waals surface area contributed by atoms with Crippen molar-refractivity contribution in [1.29, 1.82) is 0 Å². The molecule has 0 spiro atoms. The molecule has 3 nitrogen and oxygen atoms in total. The molecule has 0 radical (unpaired) electrons. The maximum Gasteiger partial charge on any atom is 0.00940 e. The van der Waals surface area contributed by atoms with Crippen LogP contribution in [0.5, 0.6) is 0 Å². The smallest absolute Gasteiger partial charge is 0.00940 e. The van der Waals surface area contributed by atoms with Crippen molar-refractivity contribution in [2.75, 3.05) is 39.3 Å². The minimum absolute atomic E-state index is 0.706. The first-order valence-corrected chi connectivity index (χ1v) is 8.93. The van der Waals surface area contributed by atoms with E-state index in [4.69, 9.17) is 0 Å². The van der Waals surface area contributed by atoms with Crippen molar-refractivity contribution in [1.82, 2.24) is 15.1 Å². The van der Waals surface area contributed by atoms with Gasteiger partial charge in [-0.3, -0.25) is 0 Å². The number of hydrogen-bond acceptors (Lipinski definition) is 3. The van der Waals surface area contributed by atoms with Crippen molar-refractivity contribution < 1.29 is 0 Å². The lowest BCUT2D eigenvalue weighted by Gasteiger charge is -2.38. The molecular weight excluding hydrogens is 246 g/mol. The van der Waals surface area contributed by atoms with Gasteiger partial charge in [0.1, 0.15) is 0 Å². The lowest BCUT2D eigenvalue weighted by atomic mass is 9.89. The first kappa shape index (κ1) is 16.3. The molecule has 2 heterocycles. The van der Waals surface area contributed by atoms with Crippen LogP contribution in [-0.4, -0.2) is 61.2 Å². The summed E-state index contributed by atoms with van der Waals surface area (Å²) < 4.78 is 0. The molecule has 0 saturated carbocycles. The van der Waals surface area contributed by atoms with E-state index >= 15 is 0 Å². The van der Waals surface area contributed by atoms with Crippen LogP contribution in [0.4, 0.5) is 0 Å². The van der Waals surface area contributed by atoms with Crippen molar-refractivity contribution in [2.45, 2.75) is 65.0 Å². The Labute approximate surface area is 126 Å². The van der Waals surface area contributed by atoms with E-state index in [-0.39, 0.29) is 0 Å². The molecule has 2 rings (SSSR count). The molecule has 1 N–H and O–H groups in total. The largest absolute Gasteiger partial charge is 0.311 e. The molecule has 3 heteroatoms. The zero-order valence-corrected chi connectivity index (χ0v) is 13.9. The van der Waals surface area contributed by atoms with E-state index in [0.717, 1.165) is 12.0 Å². The molecule has 0 bridgehead atoms. The Balaban J connectivity index is 1.66. The quantitative estimate of drug-likeness (QED) is 0.807. The SMILES string of the molecule is CCCN1CCC(C(C)NC2CCN(CC)CC2)CC1. The fourth-order valence-electron chi connectivity index (χ4n) is 3.92. The van der Waals surface area contributed by atoms with Gasteiger partial charge in [0, 0.05) is 12.1 Å². The predicted octanol–water partition coefficient (Wildman–Crippen LogP) is 2.57. The van der Waals surface area contributed by atoms with E-state index in [1.165, 1.54) is 71.4 Å². The molecule has 0 aromatic carbocycles. The van der Waals surface area contributed by atoms with Gasteiger partial charge in [-0.15, -0.1) is 0 Å². The maximum absolute atomic E-state index is 3.93. The molecule has 2 aliphatic heterocycles. The lowest BCUT2D eigenvalue weighted by Crippen LogP contribution is -2.49. The average Bonchev–Trinajstić information content (AvgIpc) is 2.49. The molecule has 2 saturated heterocycles. The van der Waals surface area contributed by atoms with Crippen molar-refractivity contribution >= 4 is 0 Å². The number of rotatable bonds is 6. The highest BCUT2D eigenvalue weighted by Gasteiger charge is 2.26. The third-order valence-electron chi connectivity index (χ3n) is 5.41. The summed E-state index contributed by atoms with van der Waals surface area (Å²) in [7, 11) is 0. The van der Waals surface area contributed by atoms with Gasteiger partial charge < -0.3 is 15.1 Å². The second kappa shape index (κ2) is 8.35. The normalized spacial score (nSPS) is 25.9. The van der Waals surface area contributed by atoms with Crippen molar-refractivity contribution in [3.63, 3.8) is 0 Å². The minimum atomic E-state index is 0.706. The van der Waals surface area contributed by atoms with Gasteiger partial charge in [-0.2, -0.15) is 0 Å². The van der Waals surface area contributed by atoms with Crippen LogP contribution in [0.2, 0.25) is 0 Å². The first-order valence-electron chi connectivity index (χ1n) is 8.93. The monoisotopic (exact) mass is 281 g/mol. The van der Waals surface area contributed by atoms with Crippen molar-refractivity contribution in [3.8, 4) is 0 Å². The Morgan fingerprint density at radius 1 is 0.950 bits per heavy atom. The summed E-state index contributed by atoms with van der Waals surface area (Å²) in [6.07, 6.45) is 6.76. The number of nitrogens with zero attached hydrogens (tertiary/aromatic N) is 2. The number of nitrogens with one attached hydrogen (secondary N) is 1. The van der Waals surface area contributed by atoms with Crippen LogP contribution >= 0.6 is 0 Å². The molecule has 118 valence electrons. The Bertz CT molecular complexity index is 253. The average molecular weight is 281 g/mol. The van der Waals surface area contributed by atoms with Gasteiger partial charge in [0.2, 0.25) is 0 Å². The lowest BCUT2D eigenvalue weighted by molar-refractivity contribution is 0.145. The highest BCUT2D eigenvalue weighted by Crippen LogP contribution is 2.22. The molecule has 2 fully saturated rings. The van der Waals surface area contributed by atoms with Crippen LogP contribution in [0, 0.1) is 5.92 Å². The summed E-state index contributed by atoms with van der Waals surface area (Å²) in [6.45, 7) is 14.7. The molecule has 0 aromatic rings. The fraction of sp³-hybridized carbons (Fsp3) is 1.00. The summed E-state index contributed by atoms with van der Waals surface area (Å²) in [5, 5.41) is 3.93. The Kier molecular flexibility index (Phi) is 6.79. The Morgan fingerprint density at radius 3 is 2.10 bits per heavy atom. The van der Waals surface area contributed by atoms with E-state index < -0.39 is 0 Å². The van der Waals surface area contributed by atoms with Crippen molar-refractivity contribution in [2.24, 2.45) is 5.92 Å². The van der Waals surface area contributed by atoms with E-state index in [1.54, 1.807) is 0 Å². The van der Waals surface area contributed by atoms with Gasteiger partial charge in [0.15, 0.2) is 0 Å². The molecule has 1 atom stereocenters. The number of likely N-dealkylation sites (tertiary alicyclic amines) is 2. The number of hydrogen-bond donors (Lipinski definition) is 1. The zero-order chi connectivity index (χ0) is 14.4. The Morgan fingerprint density at radius 2 is 1.55 bits per heavy atom. The topological polar surface area (TPSA) is 18.5 Å². The van der Waals surface area contributed by atoms with Crippen LogP contribution in [0.1, 0.15) is 52.9 Å². The second-order valence-electron chi connectivity index (χ2n) is 6.84. The number of piperidine rings is 2. The van der Waals surface area contributed by atoms with Crippen LogP contribution in [-0.2, 0) is 0 Å². The molecular formula is C17H35N3. The summed E-state index contributed by atoms with van der Waals surface area (Å²) in [6, 6.07) is 1.47. The predicted molar refractivity (Wildman–Crippen MR) is 87.2 cm³/mol. The second-order valence-corrected chi connectivity index (χ2v) is 6.84. The summed E-state index contributed by atoms with van der Waals surface area (Å²) >= 11 is 0. The van der Waals surface area contributed by atoms with E-state index in [0.29, 0.717) is 6.04 Å². The highest BCUT2D eigenvalue weighted by molar-refractivity contribution is 4.84. The van der Waals surface area contributed by atoms with Gasteiger partial charge in [-0.25, -0.2) is 0 Å². The molecule has 20 heavy (non-hydrogen) atoms. The fourth-order valence-corrected chi connectivity index (χ4v) is 3.92. The van der Waals surface area contributed by atoms with Crippen LogP contribution in [0.15, 0.2) is 0 Å². The molecule has 0 aromatic heterocycles. The summed E-state index contributed by atoms with van der Waals surface area (Å²) in [4.78, 5) is 5.22. The van der Waals surface area contributed by atoms with E-state index in [1.807, 2.05) is 0 Å². The third-order valence-corrected chi connectivity index (χ3v) is 5.41. The van der Waals surface area contributed by atoms with Gasteiger partial charge in [-0.1, -0.05) is 13.8 Å². The molecule has 1 unspecified atom stereocenters. The van der Waals surface area contributed by atoms with E-state index in [9.17, 15) is 0 Å². The molecule has 2 aliphatic rings. The third kappa shape index (κ3) is 4.71. The first-order chi connectivity index (χ1) is 9.72. The van der Waals surface area contributed by atoms with Crippen molar-refractivity contribution in [3.05, 3.63) is 0 Å². The van der Waals surface area contributed by atoms with Crippen LogP contribution in [0.3, 0.4) is 0 Å². The summed E-state index contributed by atoms with van der Waals surface area (Å²) in [5.41, 5.74) is 0. The zero-order valence-electron chi connectivity index (χ0n) is 13.9. The van der Waals surface area contributed by atoms with Crippen LogP contribution in [0.25, 0.3) is 0 Å². The maximum atomic E-state index is 3.93. The van der Waals surface area contributed by atoms with Gasteiger partial charge in [0.25, 0.3) is 0 Å². The van der Waals surface area contributed by atoms with Gasteiger partial charge in [0.05, 0.1) is 0 Å². The Hall–Kier alpha value is -0.120.